The number of aromatic nitrogens is 3. The largest absolute Gasteiger partial charge is 0.356 e. The fourth-order valence-corrected chi connectivity index (χ4v) is 4.23. The number of fused-ring (bicyclic) bond motifs is 2. The molecule has 0 spiro atoms. The number of H-pyrrole nitrogens is 1. The molecule has 1 saturated heterocycles. The predicted octanol–water partition coefficient (Wildman–Crippen LogP) is 0.590. The van der Waals surface area contributed by atoms with E-state index in [0.29, 0.717) is 17.9 Å². The van der Waals surface area contributed by atoms with Gasteiger partial charge in [-0.2, -0.15) is 0 Å². The van der Waals surface area contributed by atoms with Crippen molar-refractivity contribution in [2.24, 2.45) is 17.6 Å². The highest BCUT2D eigenvalue weighted by Gasteiger charge is 2.43. The van der Waals surface area contributed by atoms with Crippen LogP contribution in [0.3, 0.4) is 0 Å². The standard InChI is InChI=1S/C16H22N6O/c1-21(16-13-2-3-18-15(13)19-9-20-16)12-4-10-7-22(14(23)6-17)8-11(10)5-12/h2-3,9-12H,4-8,17H2,1H3,(H,18,19,20)/t10-,11+,12?. The summed E-state index contributed by atoms with van der Waals surface area (Å²) in [6.07, 6.45) is 5.72. The lowest BCUT2D eigenvalue weighted by Gasteiger charge is -2.27. The Kier molecular flexibility index (Phi) is 3.45. The molecule has 2 aromatic rings. The van der Waals surface area contributed by atoms with E-state index in [1.807, 2.05) is 17.2 Å². The van der Waals surface area contributed by atoms with Crippen molar-refractivity contribution in [3.63, 3.8) is 0 Å². The van der Waals surface area contributed by atoms with Gasteiger partial charge >= 0.3 is 0 Å². The highest BCUT2D eigenvalue weighted by atomic mass is 16.2. The number of nitrogens with one attached hydrogen (secondary N) is 1. The number of carbonyl (C=O) groups excluding carboxylic acids is 1. The summed E-state index contributed by atoms with van der Waals surface area (Å²) in [7, 11) is 2.11. The van der Waals surface area contributed by atoms with E-state index < -0.39 is 0 Å². The monoisotopic (exact) mass is 314 g/mol. The summed E-state index contributed by atoms with van der Waals surface area (Å²) < 4.78 is 0. The number of anilines is 1. The Labute approximate surface area is 134 Å². The number of amides is 1. The SMILES string of the molecule is CN(c1ncnc2[nH]ccc12)C1C[C@@H]2CN(C(=O)CN)C[C@@H]2C1. The molecule has 7 heteroatoms. The quantitative estimate of drug-likeness (QED) is 0.865. The molecule has 2 aliphatic rings. The maximum atomic E-state index is 11.8. The molecule has 3 N–H and O–H groups in total. The smallest absolute Gasteiger partial charge is 0.236 e. The van der Waals surface area contributed by atoms with Crippen LogP contribution in [-0.2, 0) is 4.79 Å². The van der Waals surface area contributed by atoms with Crippen molar-refractivity contribution in [1.29, 1.82) is 0 Å². The Hall–Kier alpha value is -2.15. The van der Waals surface area contributed by atoms with Crippen molar-refractivity contribution < 1.29 is 4.79 Å². The second kappa shape index (κ2) is 5.49. The van der Waals surface area contributed by atoms with Gasteiger partial charge in [0.1, 0.15) is 17.8 Å². The van der Waals surface area contributed by atoms with E-state index in [0.717, 1.165) is 42.8 Å². The molecule has 3 atom stereocenters. The van der Waals surface area contributed by atoms with E-state index in [1.165, 1.54) is 0 Å². The van der Waals surface area contributed by atoms with Gasteiger partial charge in [0.2, 0.25) is 5.91 Å². The maximum absolute atomic E-state index is 11.8. The summed E-state index contributed by atoms with van der Waals surface area (Å²) in [5.74, 6) is 2.23. The number of carbonyl (C=O) groups is 1. The normalized spacial score (nSPS) is 26.7. The van der Waals surface area contributed by atoms with E-state index in [-0.39, 0.29) is 12.5 Å². The second-order valence-corrected chi connectivity index (χ2v) is 6.70. The summed E-state index contributed by atoms with van der Waals surface area (Å²) in [6, 6.07) is 2.49. The van der Waals surface area contributed by atoms with Crippen molar-refractivity contribution in [2.45, 2.75) is 18.9 Å². The fourth-order valence-electron chi connectivity index (χ4n) is 4.23. The molecule has 1 amide bonds. The van der Waals surface area contributed by atoms with Crippen LogP contribution >= 0.6 is 0 Å². The van der Waals surface area contributed by atoms with E-state index in [9.17, 15) is 4.79 Å². The van der Waals surface area contributed by atoms with Crippen LogP contribution in [-0.4, -0.2) is 58.5 Å². The number of aromatic amines is 1. The van der Waals surface area contributed by atoms with Crippen LogP contribution in [0.5, 0.6) is 0 Å². The van der Waals surface area contributed by atoms with Gasteiger partial charge < -0.3 is 20.5 Å². The number of likely N-dealkylation sites (tertiary alicyclic amines) is 1. The minimum absolute atomic E-state index is 0.0779. The molecule has 122 valence electrons. The zero-order chi connectivity index (χ0) is 16.0. The molecule has 2 aromatic heterocycles. The molecule has 0 radical (unpaired) electrons. The van der Waals surface area contributed by atoms with Crippen LogP contribution in [0, 0.1) is 11.8 Å². The Balaban J connectivity index is 1.49. The van der Waals surface area contributed by atoms with Gasteiger partial charge in [-0.25, -0.2) is 9.97 Å². The number of hydrogen-bond donors (Lipinski definition) is 2. The summed E-state index contributed by atoms with van der Waals surface area (Å²) in [5, 5.41) is 1.06. The van der Waals surface area contributed by atoms with Crippen LogP contribution in [0.1, 0.15) is 12.8 Å². The average molecular weight is 314 g/mol. The van der Waals surface area contributed by atoms with Crippen molar-refractivity contribution in [2.75, 3.05) is 31.6 Å². The lowest BCUT2D eigenvalue weighted by molar-refractivity contribution is -0.128. The molecule has 2 fully saturated rings. The van der Waals surface area contributed by atoms with Gasteiger partial charge in [-0.05, 0) is 30.7 Å². The van der Waals surface area contributed by atoms with E-state index in [2.05, 4.69) is 26.9 Å². The molecule has 7 nitrogen and oxygen atoms in total. The molecule has 3 heterocycles. The molecule has 1 saturated carbocycles. The summed E-state index contributed by atoms with van der Waals surface area (Å²) in [4.78, 5) is 27.9. The zero-order valence-corrected chi connectivity index (χ0v) is 13.3. The highest BCUT2D eigenvalue weighted by molar-refractivity contribution is 5.87. The molecule has 1 aliphatic heterocycles. The number of nitrogens with zero attached hydrogens (tertiary/aromatic N) is 4. The molecule has 1 aliphatic carbocycles. The second-order valence-electron chi connectivity index (χ2n) is 6.70. The highest BCUT2D eigenvalue weighted by Crippen LogP contribution is 2.41. The Morgan fingerprint density at radius 3 is 2.83 bits per heavy atom. The van der Waals surface area contributed by atoms with Gasteiger partial charge in [0.25, 0.3) is 0 Å². The lowest BCUT2D eigenvalue weighted by Crippen LogP contribution is -2.37. The van der Waals surface area contributed by atoms with Gasteiger partial charge in [0, 0.05) is 32.4 Å². The van der Waals surface area contributed by atoms with Crippen molar-refractivity contribution in [1.82, 2.24) is 19.9 Å². The predicted molar refractivity (Wildman–Crippen MR) is 87.9 cm³/mol. The minimum Gasteiger partial charge on any atom is -0.356 e. The van der Waals surface area contributed by atoms with Crippen molar-refractivity contribution in [3.8, 4) is 0 Å². The molecule has 4 rings (SSSR count). The first kappa shape index (κ1) is 14.4. The van der Waals surface area contributed by atoms with Crippen molar-refractivity contribution in [3.05, 3.63) is 18.6 Å². The van der Waals surface area contributed by atoms with E-state index in [1.54, 1.807) is 6.33 Å². The third-order valence-corrected chi connectivity index (χ3v) is 5.47. The van der Waals surface area contributed by atoms with Crippen LogP contribution < -0.4 is 10.6 Å². The van der Waals surface area contributed by atoms with Gasteiger partial charge in [0.15, 0.2) is 0 Å². The molecular formula is C16H22N6O. The minimum atomic E-state index is 0.0779. The Bertz CT molecular complexity index is 714. The van der Waals surface area contributed by atoms with Crippen LogP contribution in [0.25, 0.3) is 11.0 Å². The van der Waals surface area contributed by atoms with E-state index >= 15 is 0 Å². The molecule has 0 bridgehead atoms. The molecule has 0 aromatic carbocycles. The molecule has 1 unspecified atom stereocenters. The zero-order valence-electron chi connectivity index (χ0n) is 13.3. The van der Waals surface area contributed by atoms with E-state index in [4.69, 9.17) is 5.73 Å². The number of hydrogen-bond acceptors (Lipinski definition) is 5. The molecular weight excluding hydrogens is 292 g/mol. The van der Waals surface area contributed by atoms with Gasteiger partial charge in [-0.1, -0.05) is 0 Å². The third kappa shape index (κ3) is 2.35. The van der Waals surface area contributed by atoms with Gasteiger partial charge in [-0.15, -0.1) is 0 Å². The van der Waals surface area contributed by atoms with Gasteiger partial charge in [-0.3, -0.25) is 4.79 Å². The third-order valence-electron chi connectivity index (χ3n) is 5.47. The van der Waals surface area contributed by atoms with Crippen molar-refractivity contribution >= 4 is 22.8 Å². The summed E-state index contributed by atoms with van der Waals surface area (Å²) in [6.45, 7) is 1.83. The fraction of sp³-hybridized carbons (Fsp3) is 0.562. The van der Waals surface area contributed by atoms with Crippen LogP contribution in [0.4, 0.5) is 5.82 Å². The van der Waals surface area contributed by atoms with Crippen LogP contribution in [0.15, 0.2) is 18.6 Å². The summed E-state index contributed by atoms with van der Waals surface area (Å²) >= 11 is 0. The Morgan fingerprint density at radius 2 is 2.13 bits per heavy atom. The summed E-state index contributed by atoms with van der Waals surface area (Å²) in [5.41, 5.74) is 6.35. The maximum Gasteiger partial charge on any atom is 0.236 e. The topological polar surface area (TPSA) is 91.1 Å². The first-order valence-corrected chi connectivity index (χ1v) is 8.16. The first-order chi connectivity index (χ1) is 11.2. The Morgan fingerprint density at radius 1 is 1.39 bits per heavy atom. The lowest BCUT2D eigenvalue weighted by atomic mass is 10.0. The first-order valence-electron chi connectivity index (χ1n) is 8.16. The number of nitrogens with two attached hydrogens (primary N) is 1. The van der Waals surface area contributed by atoms with Gasteiger partial charge in [0.05, 0.1) is 11.9 Å². The number of rotatable bonds is 3. The molecule has 23 heavy (non-hydrogen) atoms. The average Bonchev–Trinajstić information content (AvgIpc) is 3.26. The van der Waals surface area contributed by atoms with Crippen LogP contribution in [0.2, 0.25) is 0 Å².